The van der Waals surface area contributed by atoms with Gasteiger partial charge in [-0.05, 0) is 23.8 Å². The molecule has 3 aromatic carbocycles. The summed E-state index contributed by atoms with van der Waals surface area (Å²) >= 11 is 0. The van der Waals surface area contributed by atoms with Crippen molar-refractivity contribution in [3.05, 3.63) is 90.0 Å². The van der Waals surface area contributed by atoms with Crippen molar-refractivity contribution in [3.8, 4) is 6.07 Å². The van der Waals surface area contributed by atoms with Gasteiger partial charge in [0.15, 0.2) is 9.84 Å². The van der Waals surface area contributed by atoms with Crippen LogP contribution in [0, 0.1) is 11.3 Å². The van der Waals surface area contributed by atoms with Gasteiger partial charge >= 0.3 is 0 Å². The van der Waals surface area contributed by atoms with Crippen LogP contribution < -0.4 is 4.72 Å². The molecule has 0 saturated heterocycles. The van der Waals surface area contributed by atoms with Gasteiger partial charge in [-0.15, -0.1) is 0 Å². The maximum absolute atomic E-state index is 13.2. The fraction of sp³-hybridized carbons (Fsp3) is 0.0455. The molecule has 0 aliphatic heterocycles. The molecule has 0 fully saturated rings. The lowest BCUT2D eigenvalue weighted by Crippen LogP contribution is -2.17. The van der Waals surface area contributed by atoms with E-state index in [1.165, 1.54) is 24.3 Å². The Bertz CT molecular complexity index is 1480. The monoisotopic (exact) mass is 452 g/mol. The molecule has 0 saturated carbocycles. The zero-order valence-corrected chi connectivity index (χ0v) is 17.7. The van der Waals surface area contributed by atoms with Crippen LogP contribution in [0.15, 0.2) is 93.3 Å². The summed E-state index contributed by atoms with van der Waals surface area (Å²) in [6.45, 7) is 0. The number of para-hydroxylation sites is 1. The van der Waals surface area contributed by atoms with Gasteiger partial charge in [0.25, 0.3) is 10.0 Å². The van der Waals surface area contributed by atoms with Crippen LogP contribution in [0.1, 0.15) is 11.1 Å². The van der Waals surface area contributed by atoms with E-state index in [2.05, 4.69) is 4.72 Å². The molecule has 1 aromatic heterocycles. The fourth-order valence-electron chi connectivity index (χ4n) is 3.19. The first-order valence-corrected chi connectivity index (χ1v) is 12.2. The summed E-state index contributed by atoms with van der Waals surface area (Å²) in [5.41, 5.74) is 0.531. The number of benzene rings is 3. The topological polar surface area (TPSA) is 117 Å². The molecule has 7 nitrogen and oxygen atoms in total. The first-order chi connectivity index (χ1) is 14.8. The summed E-state index contributed by atoms with van der Waals surface area (Å²) in [4.78, 5) is -0.374. The fourth-order valence-corrected chi connectivity index (χ4v) is 5.98. The summed E-state index contributed by atoms with van der Waals surface area (Å²) in [5, 5.41) is 9.70. The summed E-state index contributed by atoms with van der Waals surface area (Å²) < 4.78 is 59.9. The number of sulfone groups is 1. The van der Waals surface area contributed by atoms with Crippen LogP contribution in [0.25, 0.3) is 11.0 Å². The highest BCUT2D eigenvalue weighted by Gasteiger charge is 2.28. The van der Waals surface area contributed by atoms with Gasteiger partial charge in [0.1, 0.15) is 16.5 Å². The Hall–Kier alpha value is -3.61. The number of sulfonamides is 1. The Morgan fingerprint density at radius 2 is 1.58 bits per heavy atom. The highest BCUT2D eigenvalue weighted by atomic mass is 32.2. The van der Waals surface area contributed by atoms with Crippen LogP contribution in [-0.4, -0.2) is 16.8 Å². The molecule has 1 heterocycles. The van der Waals surface area contributed by atoms with Crippen LogP contribution in [0.5, 0.6) is 0 Å². The number of anilines is 1. The average Bonchev–Trinajstić information content (AvgIpc) is 3.19. The summed E-state index contributed by atoms with van der Waals surface area (Å²) in [6.07, 6.45) is 0. The van der Waals surface area contributed by atoms with Gasteiger partial charge in [-0.25, -0.2) is 8.42 Å². The molecule has 0 aliphatic carbocycles. The van der Waals surface area contributed by atoms with Crippen molar-refractivity contribution in [2.75, 3.05) is 4.72 Å². The van der Waals surface area contributed by atoms with Gasteiger partial charge in [-0.2, -0.15) is 13.7 Å². The second-order valence-corrected chi connectivity index (χ2v) is 10.3. The van der Waals surface area contributed by atoms with E-state index < -0.39 is 19.9 Å². The van der Waals surface area contributed by atoms with Crippen molar-refractivity contribution in [3.63, 3.8) is 0 Å². The number of nitriles is 1. The maximum atomic E-state index is 13.2. The Kier molecular flexibility index (Phi) is 5.27. The highest BCUT2D eigenvalue weighted by Crippen LogP contribution is 2.31. The number of nitrogens with one attached hydrogen (secondary N) is 1. The standard InChI is InChI=1S/C22H16N2O5S2/c23-14-18-10-6-11-19(22(18)30(25,26)15-16-7-2-1-3-8-16)24-31(27,28)21-13-17-9-4-5-12-20(17)29-21/h1-13,24H,15H2. The summed E-state index contributed by atoms with van der Waals surface area (Å²) in [5.74, 6) is -0.383. The predicted molar refractivity (Wildman–Crippen MR) is 116 cm³/mol. The van der Waals surface area contributed by atoms with E-state index in [1.54, 1.807) is 54.6 Å². The van der Waals surface area contributed by atoms with E-state index in [0.29, 0.717) is 16.5 Å². The lowest BCUT2D eigenvalue weighted by Gasteiger charge is -2.13. The SMILES string of the molecule is N#Cc1cccc(NS(=O)(=O)c2cc3ccccc3o2)c1S(=O)(=O)Cc1ccccc1. The Labute approximate surface area is 179 Å². The smallest absolute Gasteiger partial charge is 0.295 e. The molecule has 0 unspecified atom stereocenters. The molecule has 4 aromatic rings. The molecule has 1 N–H and O–H groups in total. The third-order valence-electron chi connectivity index (χ3n) is 4.56. The molecule has 0 bridgehead atoms. The minimum absolute atomic E-state index is 0.152. The van der Waals surface area contributed by atoms with E-state index in [9.17, 15) is 22.1 Å². The third kappa shape index (κ3) is 4.17. The minimum Gasteiger partial charge on any atom is -0.443 e. The van der Waals surface area contributed by atoms with Crippen molar-refractivity contribution in [2.45, 2.75) is 15.7 Å². The molecule has 31 heavy (non-hydrogen) atoms. The predicted octanol–water partition coefficient (Wildman–Crippen LogP) is 4.08. The van der Waals surface area contributed by atoms with Crippen LogP contribution in [0.3, 0.4) is 0 Å². The Morgan fingerprint density at radius 3 is 2.29 bits per heavy atom. The average molecular weight is 453 g/mol. The number of hydrogen-bond acceptors (Lipinski definition) is 6. The maximum Gasteiger partial charge on any atom is 0.295 e. The second kappa shape index (κ2) is 7.91. The molecule has 156 valence electrons. The van der Waals surface area contributed by atoms with Gasteiger partial charge in [0.2, 0.25) is 5.09 Å². The number of nitrogens with zero attached hydrogens (tertiary/aromatic N) is 1. The lowest BCUT2D eigenvalue weighted by molar-refractivity contribution is 0.484. The van der Waals surface area contributed by atoms with Crippen molar-refractivity contribution >= 4 is 36.5 Å². The third-order valence-corrected chi connectivity index (χ3v) is 7.55. The summed E-state index contributed by atoms with van der Waals surface area (Å²) in [7, 11) is -8.29. The van der Waals surface area contributed by atoms with Crippen molar-refractivity contribution in [2.24, 2.45) is 0 Å². The van der Waals surface area contributed by atoms with E-state index in [0.717, 1.165) is 0 Å². The largest absolute Gasteiger partial charge is 0.443 e. The molecule has 0 radical (unpaired) electrons. The Morgan fingerprint density at radius 1 is 0.871 bits per heavy atom. The molecule has 4 rings (SSSR count). The number of rotatable bonds is 6. The van der Waals surface area contributed by atoms with Crippen LogP contribution in [0.2, 0.25) is 0 Å². The molecule has 0 spiro atoms. The van der Waals surface area contributed by atoms with Gasteiger partial charge < -0.3 is 4.42 Å². The van der Waals surface area contributed by atoms with Crippen LogP contribution in [-0.2, 0) is 25.6 Å². The lowest BCUT2D eigenvalue weighted by atomic mass is 10.2. The van der Waals surface area contributed by atoms with Crippen molar-refractivity contribution < 1.29 is 21.3 Å². The molecule has 0 amide bonds. The van der Waals surface area contributed by atoms with Crippen LogP contribution >= 0.6 is 0 Å². The van der Waals surface area contributed by atoms with Gasteiger partial charge in [0.05, 0.1) is 17.0 Å². The first kappa shape index (κ1) is 20.7. The quantitative estimate of drug-likeness (QED) is 0.471. The van der Waals surface area contributed by atoms with Gasteiger partial charge in [-0.1, -0.05) is 54.6 Å². The van der Waals surface area contributed by atoms with Gasteiger partial charge in [0, 0.05) is 11.5 Å². The molecular formula is C22H16N2O5S2. The minimum atomic E-state index is -4.25. The van der Waals surface area contributed by atoms with Crippen LogP contribution in [0.4, 0.5) is 5.69 Å². The van der Waals surface area contributed by atoms with Crippen molar-refractivity contribution in [1.29, 1.82) is 5.26 Å². The first-order valence-electron chi connectivity index (χ1n) is 9.11. The zero-order valence-electron chi connectivity index (χ0n) is 16.0. The second-order valence-electron chi connectivity index (χ2n) is 6.75. The number of hydrogen-bond donors (Lipinski definition) is 1. The molecule has 0 aliphatic rings. The molecular weight excluding hydrogens is 436 g/mol. The van der Waals surface area contributed by atoms with Gasteiger partial charge in [-0.3, -0.25) is 4.72 Å². The Balaban J connectivity index is 1.78. The summed E-state index contributed by atoms with van der Waals surface area (Å²) in [6, 6.07) is 22.5. The number of fused-ring (bicyclic) bond motifs is 1. The van der Waals surface area contributed by atoms with E-state index >= 15 is 0 Å². The normalized spacial score (nSPS) is 11.8. The van der Waals surface area contributed by atoms with Crippen molar-refractivity contribution in [1.82, 2.24) is 0 Å². The van der Waals surface area contributed by atoms with E-state index in [1.807, 2.05) is 6.07 Å². The number of furan rings is 1. The van der Waals surface area contributed by atoms with E-state index in [-0.39, 0.29) is 27.0 Å². The molecule has 0 atom stereocenters. The highest BCUT2D eigenvalue weighted by molar-refractivity contribution is 7.93. The van der Waals surface area contributed by atoms with E-state index in [4.69, 9.17) is 4.42 Å². The molecule has 9 heteroatoms. The zero-order chi connectivity index (χ0) is 22.1.